The van der Waals surface area contributed by atoms with Gasteiger partial charge in [-0.3, -0.25) is 14.4 Å². The summed E-state index contributed by atoms with van der Waals surface area (Å²) >= 11 is 0. The van der Waals surface area contributed by atoms with Gasteiger partial charge in [0.15, 0.2) is 6.10 Å². The van der Waals surface area contributed by atoms with Gasteiger partial charge in [0.05, 0.1) is 0 Å². The summed E-state index contributed by atoms with van der Waals surface area (Å²) in [7, 11) is 0. The van der Waals surface area contributed by atoms with Gasteiger partial charge in [-0.2, -0.15) is 0 Å². The van der Waals surface area contributed by atoms with Crippen LogP contribution in [0.15, 0.2) is 12.2 Å². The number of unbranched alkanes of at least 4 members (excludes halogenated alkanes) is 54. The van der Waals surface area contributed by atoms with Crippen molar-refractivity contribution in [2.24, 2.45) is 0 Å². The van der Waals surface area contributed by atoms with Crippen LogP contribution in [0, 0.1) is 0 Å². The molecule has 0 spiro atoms. The molecule has 0 amide bonds. The first-order chi connectivity index (χ1) is 38.5. The highest BCUT2D eigenvalue weighted by Crippen LogP contribution is 2.19. The van der Waals surface area contributed by atoms with Gasteiger partial charge in [-0.15, -0.1) is 0 Å². The molecular weight excluding hydrogens is 961 g/mol. The molecule has 462 valence electrons. The van der Waals surface area contributed by atoms with E-state index in [1.807, 2.05) is 0 Å². The fraction of sp³-hybridized carbons (Fsp3) is 0.931. The second-order valence-corrected chi connectivity index (χ2v) is 24.5. The predicted octanol–water partition coefficient (Wildman–Crippen LogP) is 24.4. The third-order valence-corrected chi connectivity index (χ3v) is 16.5. The van der Waals surface area contributed by atoms with Crippen LogP contribution in [0.5, 0.6) is 0 Å². The highest BCUT2D eigenvalue weighted by atomic mass is 16.6. The zero-order chi connectivity index (χ0) is 56.4. The molecule has 0 aromatic heterocycles. The lowest BCUT2D eigenvalue weighted by atomic mass is 10.0. The van der Waals surface area contributed by atoms with Crippen LogP contribution in [0.4, 0.5) is 0 Å². The smallest absolute Gasteiger partial charge is 0.306 e. The second-order valence-electron chi connectivity index (χ2n) is 24.5. The summed E-state index contributed by atoms with van der Waals surface area (Å²) in [5.41, 5.74) is 0. The summed E-state index contributed by atoms with van der Waals surface area (Å²) in [6.07, 6.45) is 81.5. The average Bonchev–Trinajstić information content (AvgIpc) is 3.44. The molecule has 1 unspecified atom stereocenters. The van der Waals surface area contributed by atoms with E-state index in [4.69, 9.17) is 14.2 Å². The van der Waals surface area contributed by atoms with Gasteiger partial charge in [-0.05, 0) is 44.9 Å². The van der Waals surface area contributed by atoms with Crippen LogP contribution < -0.4 is 0 Å². The van der Waals surface area contributed by atoms with Crippen molar-refractivity contribution in [1.29, 1.82) is 0 Å². The molecule has 0 heterocycles. The molecule has 0 N–H and O–H groups in total. The first-order valence-corrected chi connectivity index (χ1v) is 35.7. The van der Waals surface area contributed by atoms with E-state index in [0.717, 1.165) is 57.8 Å². The molecule has 0 rings (SSSR count). The zero-order valence-electron chi connectivity index (χ0n) is 53.2. The maximum absolute atomic E-state index is 12.9. The lowest BCUT2D eigenvalue weighted by molar-refractivity contribution is -0.167. The van der Waals surface area contributed by atoms with Crippen molar-refractivity contribution < 1.29 is 28.6 Å². The van der Waals surface area contributed by atoms with E-state index in [1.165, 1.54) is 315 Å². The molecule has 0 aliphatic carbocycles. The Balaban J connectivity index is 3.95. The van der Waals surface area contributed by atoms with Crippen molar-refractivity contribution in [1.82, 2.24) is 0 Å². The molecule has 1 atom stereocenters. The van der Waals surface area contributed by atoms with Crippen LogP contribution in [0.3, 0.4) is 0 Å². The van der Waals surface area contributed by atoms with Gasteiger partial charge < -0.3 is 14.2 Å². The van der Waals surface area contributed by atoms with Gasteiger partial charge in [0.1, 0.15) is 13.2 Å². The minimum absolute atomic E-state index is 0.0640. The monoisotopic (exact) mass is 1100 g/mol. The average molecular weight is 1100 g/mol. The van der Waals surface area contributed by atoms with Gasteiger partial charge in [0, 0.05) is 19.3 Å². The van der Waals surface area contributed by atoms with Crippen LogP contribution >= 0.6 is 0 Å². The Morgan fingerprint density at radius 3 is 0.641 bits per heavy atom. The minimum Gasteiger partial charge on any atom is -0.462 e. The number of rotatable bonds is 67. The van der Waals surface area contributed by atoms with E-state index in [2.05, 4.69) is 32.9 Å². The highest BCUT2D eigenvalue weighted by molar-refractivity contribution is 5.71. The summed E-state index contributed by atoms with van der Waals surface area (Å²) in [4.78, 5) is 38.1. The third kappa shape index (κ3) is 65.0. The largest absolute Gasteiger partial charge is 0.462 e. The second kappa shape index (κ2) is 67.7. The fourth-order valence-electron chi connectivity index (χ4n) is 11.2. The molecule has 0 bridgehead atoms. The Kier molecular flexibility index (Phi) is 66.0. The van der Waals surface area contributed by atoms with Gasteiger partial charge in [-0.25, -0.2) is 0 Å². The van der Waals surface area contributed by atoms with Crippen molar-refractivity contribution >= 4 is 17.9 Å². The number of esters is 3. The molecule has 0 aliphatic heterocycles. The maximum atomic E-state index is 12.9. The number of allylic oxidation sites excluding steroid dienone is 2. The summed E-state index contributed by atoms with van der Waals surface area (Å²) < 4.78 is 16.9. The molecule has 0 aromatic rings. The van der Waals surface area contributed by atoms with Crippen molar-refractivity contribution in [3.63, 3.8) is 0 Å². The molecule has 6 heteroatoms. The lowest BCUT2D eigenvalue weighted by Gasteiger charge is -2.18. The molecular formula is C72H138O6. The number of carbonyl (C=O) groups is 3. The van der Waals surface area contributed by atoms with E-state index >= 15 is 0 Å². The first-order valence-electron chi connectivity index (χ1n) is 35.7. The number of carbonyl (C=O) groups excluding carboxylic acids is 3. The van der Waals surface area contributed by atoms with Gasteiger partial charge in [0.25, 0.3) is 0 Å². The van der Waals surface area contributed by atoms with E-state index in [0.29, 0.717) is 19.3 Å². The van der Waals surface area contributed by atoms with Gasteiger partial charge in [-0.1, -0.05) is 360 Å². The van der Waals surface area contributed by atoms with Crippen LogP contribution in [-0.4, -0.2) is 37.2 Å². The fourth-order valence-corrected chi connectivity index (χ4v) is 11.2. The molecule has 0 aliphatic rings. The molecule has 0 saturated heterocycles. The molecule has 0 fully saturated rings. The molecule has 6 nitrogen and oxygen atoms in total. The number of ether oxygens (including phenoxy) is 3. The number of hydrogen-bond acceptors (Lipinski definition) is 6. The van der Waals surface area contributed by atoms with Crippen LogP contribution in [-0.2, 0) is 28.6 Å². The van der Waals surface area contributed by atoms with E-state index in [1.54, 1.807) is 0 Å². The van der Waals surface area contributed by atoms with Crippen molar-refractivity contribution in [3.05, 3.63) is 12.2 Å². The molecule has 0 aromatic carbocycles. The summed E-state index contributed by atoms with van der Waals surface area (Å²) in [6.45, 7) is 6.66. The zero-order valence-corrected chi connectivity index (χ0v) is 53.2. The normalized spacial score (nSPS) is 12.0. The van der Waals surface area contributed by atoms with E-state index in [9.17, 15) is 14.4 Å². The van der Waals surface area contributed by atoms with Crippen LogP contribution in [0.1, 0.15) is 412 Å². The van der Waals surface area contributed by atoms with Crippen molar-refractivity contribution in [2.75, 3.05) is 13.2 Å². The van der Waals surface area contributed by atoms with Crippen molar-refractivity contribution in [2.45, 2.75) is 419 Å². The van der Waals surface area contributed by atoms with Gasteiger partial charge in [0.2, 0.25) is 0 Å². The van der Waals surface area contributed by atoms with Crippen LogP contribution in [0.25, 0.3) is 0 Å². The summed E-state index contributed by atoms with van der Waals surface area (Å²) in [6, 6.07) is 0. The van der Waals surface area contributed by atoms with E-state index < -0.39 is 6.10 Å². The topological polar surface area (TPSA) is 78.9 Å². The van der Waals surface area contributed by atoms with Crippen LogP contribution in [0.2, 0.25) is 0 Å². The summed E-state index contributed by atoms with van der Waals surface area (Å²) in [5.74, 6) is -0.844. The Labute approximate surface area is 488 Å². The van der Waals surface area contributed by atoms with Crippen molar-refractivity contribution in [3.8, 4) is 0 Å². The molecule has 0 saturated carbocycles. The van der Waals surface area contributed by atoms with E-state index in [-0.39, 0.29) is 31.1 Å². The minimum atomic E-state index is -0.764. The lowest BCUT2D eigenvalue weighted by Crippen LogP contribution is -2.30. The predicted molar refractivity (Wildman–Crippen MR) is 340 cm³/mol. The SMILES string of the molecule is CCCCCCCCCC/C=C\CCCCCCCCCCCCCCCC(=O)OC(COC(=O)CCCCCCCC)COC(=O)CCCCCCCCCCCCCCCCCCCCCCCCCCCCCCC. The van der Waals surface area contributed by atoms with Gasteiger partial charge >= 0.3 is 17.9 Å². The standard InChI is InChI=1S/C72H138O6/c1-4-7-10-13-16-18-20-22-24-26-28-30-32-34-35-36-37-39-40-42-44-46-48-50-52-54-56-59-62-65-71(74)77-68-69(67-76-70(73)64-61-58-15-12-9-6-3)78-72(75)66-63-60-57-55-53-51-49-47-45-43-41-38-33-31-29-27-25-23-21-19-17-14-11-8-5-2/h27,29,69H,4-26,28,30-68H2,1-3H3/b29-27-. The Hall–Kier alpha value is -1.85. The Morgan fingerprint density at radius 1 is 0.244 bits per heavy atom. The Bertz CT molecular complexity index is 1210. The Morgan fingerprint density at radius 2 is 0.423 bits per heavy atom. The summed E-state index contributed by atoms with van der Waals surface area (Å²) in [5, 5.41) is 0. The maximum Gasteiger partial charge on any atom is 0.306 e. The third-order valence-electron chi connectivity index (χ3n) is 16.5. The molecule has 0 radical (unpaired) electrons. The first kappa shape index (κ1) is 76.1. The quantitative estimate of drug-likeness (QED) is 0.0261. The molecule has 78 heavy (non-hydrogen) atoms. The number of hydrogen-bond donors (Lipinski definition) is 0. The highest BCUT2D eigenvalue weighted by Gasteiger charge is 2.19.